The molecule has 2 N–H and O–H groups in total. The van der Waals surface area contributed by atoms with E-state index < -0.39 is 5.97 Å². The number of carboxylic acids is 1. The number of rotatable bonds is 8. The largest absolute Gasteiger partial charge is 0.493 e. The summed E-state index contributed by atoms with van der Waals surface area (Å²) in [6.45, 7) is 1.68. The molecule has 0 saturated carbocycles. The Hall–Kier alpha value is -3.35. The van der Waals surface area contributed by atoms with Crippen molar-refractivity contribution in [2.45, 2.75) is 51.0 Å². The summed E-state index contributed by atoms with van der Waals surface area (Å²) in [5.41, 5.74) is 5.47. The number of carboxylic acid groups (broad SMARTS) is 1. The molecule has 0 spiro atoms. The van der Waals surface area contributed by atoms with Crippen LogP contribution in [0.15, 0.2) is 42.6 Å². The van der Waals surface area contributed by atoms with E-state index in [-0.39, 0.29) is 12.5 Å². The molecule has 1 aromatic carbocycles. The van der Waals surface area contributed by atoms with Crippen LogP contribution in [0.25, 0.3) is 0 Å². The van der Waals surface area contributed by atoms with E-state index in [1.165, 1.54) is 12.0 Å². The van der Waals surface area contributed by atoms with Crippen molar-refractivity contribution in [1.82, 2.24) is 14.8 Å². The summed E-state index contributed by atoms with van der Waals surface area (Å²) in [6.07, 6.45) is 7.69. The summed E-state index contributed by atoms with van der Waals surface area (Å²) in [4.78, 5) is 16.3. The van der Waals surface area contributed by atoms with Gasteiger partial charge in [0.2, 0.25) is 0 Å². The van der Waals surface area contributed by atoms with Crippen LogP contribution >= 0.6 is 0 Å². The van der Waals surface area contributed by atoms with Gasteiger partial charge in [0.25, 0.3) is 0 Å². The lowest BCUT2D eigenvalue weighted by molar-refractivity contribution is -0.137. The average molecular weight is 433 g/mol. The van der Waals surface area contributed by atoms with Crippen LogP contribution in [0.5, 0.6) is 5.75 Å². The fourth-order valence-electron chi connectivity index (χ4n) is 4.59. The van der Waals surface area contributed by atoms with Crippen molar-refractivity contribution in [3.05, 3.63) is 70.7 Å². The molecule has 7 heteroatoms. The van der Waals surface area contributed by atoms with E-state index in [0.717, 1.165) is 72.7 Å². The van der Waals surface area contributed by atoms with E-state index >= 15 is 0 Å². The molecule has 0 saturated heterocycles. The molecule has 166 valence electrons. The summed E-state index contributed by atoms with van der Waals surface area (Å²) in [5, 5.41) is 17.6. The number of aliphatic carboxylic acids is 1. The summed E-state index contributed by atoms with van der Waals surface area (Å²) in [5.74, 6) is 1.10. The van der Waals surface area contributed by atoms with E-state index in [2.05, 4.69) is 23.5 Å². The molecule has 4 heterocycles. The highest BCUT2D eigenvalue weighted by atomic mass is 16.5. The standard InChI is InChI=1S/C25H28N4O3/c30-24(31)16-22(18-7-9-23-19(15-18)11-14-32-23)29-13-10-21(28-29)5-1-4-20-8-6-17-3-2-12-26-25(17)27-20/h6-10,13,15,22H,1-5,11-12,14,16H2,(H,26,27)(H,30,31). The zero-order chi connectivity index (χ0) is 21.9. The number of nitrogens with zero attached hydrogens (tertiary/aromatic N) is 3. The molecule has 1 unspecified atom stereocenters. The van der Waals surface area contributed by atoms with E-state index in [1.54, 1.807) is 4.68 Å². The van der Waals surface area contributed by atoms with Crippen LogP contribution in [0.2, 0.25) is 0 Å². The maximum atomic E-state index is 11.6. The lowest BCUT2D eigenvalue weighted by Crippen LogP contribution is -2.16. The SMILES string of the molecule is O=C(O)CC(c1ccc2c(c1)CCO2)n1ccc(CCCc2ccc3c(n2)NCCC3)n1. The minimum atomic E-state index is -0.837. The fourth-order valence-corrected chi connectivity index (χ4v) is 4.59. The molecule has 0 amide bonds. The van der Waals surface area contributed by atoms with E-state index in [0.29, 0.717) is 6.61 Å². The topological polar surface area (TPSA) is 89.3 Å². The molecular formula is C25H28N4O3. The van der Waals surface area contributed by atoms with Crippen molar-refractivity contribution < 1.29 is 14.6 Å². The van der Waals surface area contributed by atoms with Gasteiger partial charge in [-0.1, -0.05) is 12.1 Å². The van der Waals surface area contributed by atoms with Crippen LogP contribution in [0.4, 0.5) is 5.82 Å². The van der Waals surface area contributed by atoms with Gasteiger partial charge >= 0.3 is 5.97 Å². The van der Waals surface area contributed by atoms with Gasteiger partial charge in [0, 0.05) is 24.9 Å². The predicted octanol–water partition coefficient (Wildman–Crippen LogP) is 3.81. The number of fused-ring (bicyclic) bond motifs is 2. The van der Waals surface area contributed by atoms with Crippen molar-refractivity contribution in [2.75, 3.05) is 18.5 Å². The van der Waals surface area contributed by atoms with Gasteiger partial charge in [0.15, 0.2) is 0 Å². The Morgan fingerprint density at radius 3 is 2.94 bits per heavy atom. The van der Waals surface area contributed by atoms with Crippen molar-refractivity contribution >= 4 is 11.8 Å². The Bertz CT molecular complexity index is 1120. The van der Waals surface area contributed by atoms with Gasteiger partial charge in [-0.15, -0.1) is 0 Å². The van der Waals surface area contributed by atoms with E-state index in [1.807, 2.05) is 24.4 Å². The molecule has 0 fully saturated rings. The van der Waals surface area contributed by atoms with Gasteiger partial charge in [-0.25, -0.2) is 4.98 Å². The smallest absolute Gasteiger partial charge is 0.305 e. The number of carbonyl (C=O) groups is 1. The Morgan fingerprint density at radius 1 is 1.12 bits per heavy atom. The second-order valence-corrected chi connectivity index (χ2v) is 8.56. The number of nitrogens with one attached hydrogen (secondary N) is 1. The summed E-state index contributed by atoms with van der Waals surface area (Å²) < 4.78 is 7.38. The zero-order valence-corrected chi connectivity index (χ0v) is 18.1. The zero-order valence-electron chi connectivity index (χ0n) is 18.1. The van der Waals surface area contributed by atoms with Crippen molar-refractivity contribution in [3.63, 3.8) is 0 Å². The third kappa shape index (κ3) is 4.47. The highest BCUT2D eigenvalue weighted by Crippen LogP contribution is 2.31. The van der Waals surface area contributed by atoms with Gasteiger partial charge in [-0.05, 0) is 73.1 Å². The number of aryl methyl sites for hydroxylation is 3. The summed E-state index contributed by atoms with van der Waals surface area (Å²) in [7, 11) is 0. The van der Waals surface area contributed by atoms with Gasteiger partial charge < -0.3 is 15.2 Å². The van der Waals surface area contributed by atoms with Crippen molar-refractivity contribution in [2.24, 2.45) is 0 Å². The van der Waals surface area contributed by atoms with Crippen LogP contribution in [-0.2, 0) is 30.5 Å². The molecule has 1 atom stereocenters. The lowest BCUT2D eigenvalue weighted by atomic mass is 10.0. The monoisotopic (exact) mass is 432 g/mol. The second kappa shape index (κ2) is 9.02. The first-order valence-electron chi connectivity index (χ1n) is 11.4. The van der Waals surface area contributed by atoms with Crippen LogP contribution in [0.3, 0.4) is 0 Å². The Kier molecular flexibility index (Phi) is 5.79. The second-order valence-electron chi connectivity index (χ2n) is 8.56. The number of benzene rings is 1. The van der Waals surface area contributed by atoms with Crippen LogP contribution in [0, 0.1) is 0 Å². The van der Waals surface area contributed by atoms with E-state index in [4.69, 9.17) is 14.8 Å². The average Bonchev–Trinajstić information content (AvgIpc) is 3.46. The molecule has 0 aliphatic carbocycles. The highest BCUT2D eigenvalue weighted by molar-refractivity contribution is 5.68. The number of hydrogen-bond acceptors (Lipinski definition) is 5. The number of anilines is 1. The molecule has 32 heavy (non-hydrogen) atoms. The first-order chi connectivity index (χ1) is 15.7. The van der Waals surface area contributed by atoms with Crippen LogP contribution in [-0.4, -0.2) is 39.0 Å². The number of aromatic nitrogens is 3. The maximum absolute atomic E-state index is 11.6. The lowest BCUT2D eigenvalue weighted by Gasteiger charge is -2.17. The van der Waals surface area contributed by atoms with Crippen molar-refractivity contribution in [3.8, 4) is 5.75 Å². The third-order valence-corrected chi connectivity index (χ3v) is 6.27. The molecule has 0 radical (unpaired) electrons. The Morgan fingerprint density at radius 2 is 2.03 bits per heavy atom. The van der Waals surface area contributed by atoms with Gasteiger partial charge in [0.05, 0.1) is 24.8 Å². The molecular weight excluding hydrogens is 404 g/mol. The minimum Gasteiger partial charge on any atom is -0.493 e. The Labute approximate surface area is 187 Å². The van der Waals surface area contributed by atoms with Gasteiger partial charge in [-0.2, -0.15) is 5.10 Å². The fraction of sp³-hybridized carbons (Fsp3) is 0.400. The summed E-state index contributed by atoms with van der Waals surface area (Å²) in [6, 6.07) is 11.9. The minimum absolute atomic E-state index is 0.00713. The van der Waals surface area contributed by atoms with Gasteiger partial charge in [0.1, 0.15) is 11.6 Å². The molecule has 7 nitrogen and oxygen atoms in total. The quantitative estimate of drug-likeness (QED) is 0.563. The number of pyridine rings is 1. The van der Waals surface area contributed by atoms with Gasteiger partial charge in [-0.3, -0.25) is 9.48 Å². The molecule has 2 aliphatic rings. The number of ether oxygens (including phenoxy) is 1. The normalized spacial score (nSPS) is 15.4. The highest BCUT2D eigenvalue weighted by Gasteiger charge is 2.22. The van der Waals surface area contributed by atoms with Crippen LogP contribution < -0.4 is 10.1 Å². The molecule has 5 rings (SSSR count). The molecule has 0 bridgehead atoms. The molecule has 2 aromatic heterocycles. The first-order valence-corrected chi connectivity index (χ1v) is 11.4. The van der Waals surface area contributed by atoms with E-state index in [9.17, 15) is 9.90 Å². The maximum Gasteiger partial charge on any atom is 0.305 e. The third-order valence-electron chi connectivity index (χ3n) is 6.27. The number of hydrogen-bond donors (Lipinski definition) is 2. The Balaban J connectivity index is 1.25. The summed E-state index contributed by atoms with van der Waals surface area (Å²) >= 11 is 0. The molecule has 2 aliphatic heterocycles. The molecule has 3 aromatic rings. The van der Waals surface area contributed by atoms with Crippen molar-refractivity contribution in [1.29, 1.82) is 0 Å². The predicted molar refractivity (Wildman–Crippen MR) is 121 cm³/mol. The first kappa shape index (κ1) is 20.5. The van der Waals surface area contributed by atoms with Crippen LogP contribution in [0.1, 0.15) is 53.4 Å².